The minimum absolute atomic E-state index is 0.843. The van der Waals surface area contributed by atoms with Crippen LogP contribution in [0, 0.1) is 0 Å². The maximum absolute atomic E-state index is 6.32. The first kappa shape index (κ1) is 18.8. The maximum Gasteiger partial charge on any atom is 0.151 e. The number of nitrogens with zero attached hydrogens (tertiary/aromatic N) is 1. The third-order valence-corrected chi connectivity index (χ3v) is 7.29. The molecule has 1 aliphatic heterocycles. The molecule has 0 fully saturated rings. The van der Waals surface area contributed by atoms with Gasteiger partial charge in [0.1, 0.15) is 5.42 Å². The highest BCUT2D eigenvalue weighted by molar-refractivity contribution is 9.10. The molecule has 0 unspecified atom stereocenters. The van der Waals surface area contributed by atoms with Gasteiger partial charge in [-0.3, -0.25) is 0 Å². The molecule has 1 aliphatic carbocycles. The van der Waals surface area contributed by atoms with Crippen molar-refractivity contribution in [2.75, 3.05) is 0 Å². The fourth-order valence-corrected chi connectivity index (χ4v) is 5.52. The van der Waals surface area contributed by atoms with Gasteiger partial charge in [-0.25, -0.2) is 4.99 Å². The number of benzene rings is 4. The predicted molar refractivity (Wildman–Crippen MR) is 139 cm³/mol. The summed E-state index contributed by atoms with van der Waals surface area (Å²) in [7, 11) is 0. The smallest absolute Gasteiger partial charge is 0.151 e. The second kappa shape index (κ2) is 7.16. The van der Waals surface area contributed by atoms with Crippen LogP contribution < -0.4 is 10.8 Å². The zero-order valence-electron chi connectivity index (χ0n) is 17.7. The largest absolute Gasteiger partial charge is 0.455 e. The molecule has 5 aromatic rings. The quantitative estimate of drug-likeness (QED) is 0.248. The van der Waals surface area contributed by atoms with Crippen molar-refractivity contribution < 1.29 is 4.42 Å². The molecule has 0 radical (unpaired) electrons. The lowest BCUT2D eigenvalue weighted by Gasteiger charge is -2.11. The molecule has 156 valence electrons. The lowest BCUT2D eigenvalue weighted by atomic mass is 9.93. The zero-order valence-corrected chi connectivity index (χ0v) is 19.3. The van der Waals surface area contributed by atoms with Crippen molar-refractivity contribution in [1.29, 1.82) is 0 Å². The van der Waals surface area contributed by atoms with Crippen molar-refractivity contribution in [2.24, 2.45) is 4.99 Å². The maximum atomic E-state index is 6.32. The summed E-state index contributed by atoms with van der Waals surface area (Å²) in [5.41, 5.74) is 11.3. The number of allylic oxidation sites excluding steroid dienone is 1. The van der Waals surface area contributed by atoms with Gasteiger partial charge in [-0.15, -0.1) is 0 Å². The molecule has 1 aromatic heterocycles. The molecule has 0 N–H and O–H groups in total. The van der Waals surface area contributed by atoms with Crippen LogP contribution in [-0.4, -0.2) is 0 Å². The molecule has 0 bridgehead atoms. The summed E-state index contributed by atoms with van der Waals surface area (Å²) < 4.78 is 7.24. The Bertz CT molecular complexity index is 1740. The van der Waals surface area contributed by atoms with Gasteiger partial charge in [0.05, 0.1) is 15.5 Å². The summed E-state index contributed by atoms with van der Waals surface area (Å²) in [6.45, 7) is 0. The van der Waals surface area contributed by atoms with E-state index in [-0.39, 0.29) is 0 Å². The molecule has 0 saturated heterocycles. The van der Waals surface area contributed by atoms with Gasteiger partial charge in [-0.1, -0.05) is 66.7 Å². The number of fused-ring (bicyclic) bond motifs is 6. The highest BCUT2D eigenvalue weighted by atomic mass is 79.9. The van der Waals surface area contributed by atoms with Gasteiger partial charge in [-0.2, -0.15) is 0 Å². The van der Waals surface area contributed by atoms with E-state index in [1.165, 1.54) is 27.8 Å². The lowest BCUT2D eigenvalue weighted by molar-refractivity contribution is 0.574. The minimum atomic E-state index is 0.843. The molecule has 33 heavy (non-hydrogen) atoms. The predicted octanol–water partition coefficient (Wildman–Crippen LogP) is 7.52. The van der Waals surface area contributed by atoms with Crippen LogP contribution in [0.1, 0.15) is 17.5 Å². The molecule has 2 heterocycles. The summed E-state index contributed by atoms with van der Waals surface area (Å²) in [5, 5.41) is 2.07. The van der Waals surface area contributed by atoms with Crippen LogP contribution in [0.25, 0.3) is 50.9 Å². The SMILES string of the molecule is Brc1c2c(cc3c4c(oc13)=CCC(c1cccc(-c3ccccc3)c1)=C4)-c1ccccc1N=2. The fraction of sp³-hybridized carbons (Fsp3) is 0.0333. The normalized spacial score (nSPS) is 13.5. The summed E-state index contributed by atoms with van der Waals surface area (Å²) in [5.74, 6) is 0. The second-order valence-corrected chi connectivity index (χ2v) is 9.29. The van der Waals surface area contributed by atoms with E-state index in [0.717, 1.165) is 49.4 Å². The van der Waals surface area contributed by atoms with E-state index in [9.17, 15) is 0 Å². The lowest BCUT2D eigenvalue weighted by Crippen LogP contribution is -2.04. The van der Waals surface area contributed by atoms with E-state index < -0.39 is 0 Å². The molecular formula is C30H18BrNO. The highest BCUT2D eigenvalue weighted by Gasteiger charge is 2.22. The van der Waals surface area contributed by atoms with Crippen LogP contribution >= 0.6 is 15.9 Å². The van der Waals surface area contributed by atoms with Gasteiger partial charge >= 0.3 is 0 Å². The molecule has 0 spiro atoms. The molecule has 3 heteroatoms. The monoisotopic (exact) mass is 487 g/mol. The molecule has 7 rings (SSSR count). The van der Waals surface area contributed by atoms with Crippen LogP contribution in [0.15, 0.2) is 98.8 Å². The molecular weight excluding hydrogens is 470 g/mol. The zero-order chi connectivity index (χ0) is 21.9. The Labute approximate surface area is 199 Å². The molecule has 2 nitrogen and oxygen atoms in total. The number of para-hydroxylation sites is 1. The van der Waals surface area contributed by atoms with E-state index in [0.29, 0.717) is 0 Å². The topological polar surface area (TPSA) is 25.5 Å². The van der Waals surface area contributed by atoms with Crippen molar-refractivity contribution in [3.8, 4) is 22.3 Å². The molecule has 0 atom stereocenters. The third-order valence-electron chi connectivity index (χ3n) is 6.56. The summed E-state index contributed by atoms with van der Waals surface area (Å²) in [6, 6.07) is 29.9. The van der Waals surface area contributed by atoms with Crippen LogP contribution in [-0.2, 0) is 0 Å². The Hall–Kier alpha value is -3.69. The van der Waals surface area contributed by atoms with Crippen molar-refractivity contribution in [2.45, 2.75) is 6.42 Å². The van der Waals surface area contributed by atoms with Crippen molar-refractivity contribution in [3.63, 3.8) is 0 Å². The Kier molecular flexibility index (Phi) is 4.09. The van der Waals surface area contributed by atoms with Gasteiger partial charge in [0, 0.05) is 22.1 Å². The Morgan fingerprint density at radius 1 is 0.758 bits per heavy atom. The summed E-state index contributed by atoms with van der Waals surface area (Å²) in [6.07, 6.45) is 5.33. The number of halogens is 1. The van der Waals surface area contributed by atoms with Crippen LogP contribution in [0.3, 0.4) is 0 Å². The number of rotatable bonds is 2. The van der Waals surface area contributed by atoms with Crippen molar-refractivity contribution >= 4 is 50.3 Å². The first-order valence-corrected chi connectivity index (χ1v) is 11.9. The van der Waals surface area contributed by atoms with E-state index in [1.807, 2.05) is 6.07 Å². The molecule has 4 aromatic carbocycles. The van der Waals surface area contributed by atoms with E-state index in [4.69, 9.17) is 9.41 Å². The minimum Gasteiger partial charge on any atom is -0.455 e. The van der Waals surface area contributed by atoms with E-state index in [1.54, 1.807) is 0 Å². The summed E-state index contributed by atoms with van der Waals surface area (Å²) in [4.78, 5) is 4.84. The molecule has 0 amide bonds. The number of hydrogen-bond donors (Lipinski definition) is 0. The Morgan fingerprint density at radius 2 is 1.55 bits per heavy atom. The van der Waals surface area contributed by atoms with Gasteiger partial charge in [0.2, 0.25) is 0 Å². The summed E-state index contributed by atoms with van der Waals surface area (Å²) >= 11 is 3.79. The van der Waals surface area contributed by atoms with Gasteiger partial charge in [0.15, 0.2) is 5.58 Å². The van der Waals surface area contributed by atoms with Crippen molar-refractivity contribution in [3.05, 3.63) is 111 Å². The molecule has 0 saturated carbocycles. The van der Waals surface area contributed by atoms with Gasteiger partial charge < -0.3 is 4.42 Å². The highest BCUT2D eigenvalue weighted by Crippen LogP contribution is 2.38. The van der Waals surface area contributed by atoms with Crippen LogP contribution in [0.5, 0.6) is 0 Å². The Morgan fingerprint density at radius 3 is 2.45 bits per heavy atom. The number of hydrogen-bond acceptors (Lipinski definition) is 2. The first-order chi connectivity index (χ1) is 16.3. The third kappa shape index (κ3) is 2.89. The van der Waals surface area contributed by atoms with Crippen molar-refractivity contribution in [1.82, 2.24) is 0 Å². The standard InChI is InChI=1S/C30H18BrNO/c31-28-29-24(22-11-4-5-12-26(22)32-29)17-25-23-16-21(13-14-27(23)33-30(25)28)20-10-6-9-19(15-20)18-7-2-1-3-8-18/h1-12,14-17H,13H2. The molecule has 2 aliphatic rings. The average Bonchev–Trinajstić information content (AvgIpc) is 3.44. The van der Waals surface area contributed by atoms with E-state index >= 15 is 0 Å². The van der Waals surface area contributed by atoms with Gasteiger partial charge in [0.25, 0.3) is 0 Å². The number of furan rings is 1. The second-order valence-electron chi connectivity index (χ2n) is 8.50. The average molecular weight is 488 g/mol. The Balaban J connectivity index is 1.40. The van der Waals surface area contributed by atoms with Gasteiger partial charge in [-0.05, 0) is 75.0 Å². The fourth-order valence-electron chi connectivity index (χ4n) is 4.92. The first-order valence-electron chi connectivity index (χ1n) is 11.1. The van der Waals surface area contributed by atoms with E-state index in [2.05, 4.69) is 107 Å². The van der Waals surface area contributed by atoms with Crippen LogP contribution in [0.4, 0.5) is 5.69 Å². The van der Waals surface area contributed by atoms with Crippen LogP contribution in [0.2, 0.25) is 0 Å².